The Bertz CT molecular complexity index is 163. The predicted octanol–water partition coefficient (Wildman–Crippen LogP) is 1.05. The molecule has 1 heterocycles. The van der Waals surface area contributed by atoms with Crippen molar-refractivity contribution in [1.82, 2.24) is 10.2 Å². The first-order valence-electron chi connectivity index (χ1n) is 5.78. The molecule has 1 aliphatic rings. The molecule has 2 atom stereocenters. The molecule has 0 bridgehead atoms. The summed E-state index contributed by atoms with van der Waals surface area (Å²) in [7, 11) is 2.22. The summed E-state index contributed by atoms with van der Waals surface area (Å²) in [6.07, 6.45) is 3.41. The van der Waals surface area contributed by atoms with Crippen LogP contribution in [0.3, 0.4) is 0 Å². The second-order valence-electron chi connectivity index (χ2n) is 4.18. The van der Waals surface area contributed by atoms with Crippen LogP contribution in [0.5, 0.6) is 0 Å². The van der Waals surface area contributed by atoms with E-state index in [1.54, 1.807) is 0 Å². The molecular weight excluding hydrogens is 208 g/mol. The van der Waals surface area contributed by atoms with Gasteiger partial charge in [0.1, 0.15) is 0 Å². The average molecular weight is 232 g/mol. The molecular formula is C11H24N2OS. The van der Waals surface area contributed by atoms with E-state index in [0.717, 1.165) is 26.3 Å². The van der Waals surface area contributed by atoms with Crippen LogP contribution in [0, 0.1) is 0 Å². The summed E-state index contributed by atoms with van der Waals surface area (Å²) in [4.78, 5) is 2.46. The third kappa shape index (κ3) is 4.72. The van der Waals surface area contributed by atoms with E-state index in [1.165, 1.54) is 12.2 Å². The number of thioether (sulfide) groups is 1. The molecule has 0 spiro atoms. The normalized spacial score (nSPS) is 24.4. The molecule has 1 saturated heterocycles. The fourth-order valence-corrected chi connectivity index (χ4v) is 2.86. The Morgan fingerprint density at radius 2 is 2.40 bits per heavy atom. The number of ether oxygens (including phenoxy) is 1. The molecule has 90 valence electrons. The average Bonchev–Trinajstić information content (AvgIpc) is 2.27. The zero-order chi connectivity index (χ0) is 11.1. The number of nitrogens with one attached hydrogen (secondary N) is 1. The molecule has 0 aromatic rings. The highest BCUT2D eigenvalue weighted by atomic mass is 32.2. The van der Waals surface area contributed by atoms with Crippen molar-refractivity contribution >= 4 is 11.8 Å². The lowest BCUT2D eigenvalue weighted by Gasteiger charge is -2.32. The number of hydrogen-bond acceptors (Lipinski definition) is 4. The van der Waals surface area contributed by atoms with Crippen LogP contribution >= 0.6 is 11.8 Å². The van der Waals surface area contributed by atoms with E-state index in [4.69, 9.17) is 4.74 Å². The van der Waals surface area contributed by atoms with Gasteiger partial charge in [-0.25, -0.2) is 0 Å². The first kappa shape index (κ1) is 13.3. The predicted molar refractivity (Wildman–Crippen MR) is 67.7 cm³/mol. The van der Waals surface area contributed by atoms with Crippen LogP contribution in [0.15, 0.2) is 0 Å². The smallest absolute Gasteiger partial charge is 0.0632 e. The second kappa shape index (κ2) is 7.49. The van der Waals surface area contributed by atoms with Gasteiger partial charge in [-0.05, 0) is 19.7 Å². The number of hydrogen-bond donors (Lipinski definition) is 1. The van der Waals surface area contributed by atoms with Crippen LogP contribution in [0.4, 0.5) is 0 Å². The van der Waals surface area contributed by atoms with Crippen LogP contribution in [0.25, 0.3) is 0 Å². The molecule has 15 heavy (non-hydrogen) atoms. The van der Waals surface area contributed by atoms with E-state index in [0.29, 0.717) is 12.1 Å². The highest BCUT2D eigenvalue weighted by Crippen LogP contribution is 2.09. The van der Waals surface area contributed by atoms with Crippen molar-refractivity contribution in [2.45, 2.75) is 25.4 Å². The van der Waals surface area contributed by atoms with Crippen molar-refractivity contribution < 1.29 is 4.74 Å². The van der Waals surface area contributed by atoms with Crippen LogP contribution in [-0.2, 0) is 4.74 Å². The van der Waals surface area contributed by atoms with Crippen molar-refractivity contribution in [1.29, 1.82) is 0 Å². The lowest BCUT2D eigenvalue weighted by atomic mass is 10.2. The largest absolute Gasteiger partial charge is 0.378 e. The molecule has 1 fully saturated rings. The highest BCUT2D eigenvalue weighted by molar-refractivity contribution is 7.98. The van der Waals surface area contributed by atoms with Crippen LogP contribution < -0.4 is 5.32 Å². The minimum atomic E-state index is 0.514. The molecule has 0 aromatic carbocycles. The van der Waals surface area contributed by atoms with Crippen molar-refractivity contribution in [3.63, 3.8) is 0 Å². The standard InChI is InChI=1S/C11H24N2OS/c1-4-11(9-15-3)13(2)7-10-8-14-6-5-12-10/h10-12H,4-9H2,1-3H3. The van der Waals surface area contributed by atoms with E-state index in [2.05, 4.69) is 30.4 Å². The first-order valence-corrected chi connectivity index (χ1v) is 7.17. The van der Waals surface area contributed by atoms with Gasteiger partial charge in [-0.1, -0.05) is 6.92 Å². The van der Waals surface area contributed by atoms with Gasteiger partial charge in [-0.3, -0.25) is 0 Å². The third-order valence-corrected chi connectivity index (χ3v) is 3.68. The topological polar surface area (TPSA) is 24.5 Å². The van der Waals surface area contributed by atoms with Crippen molar-refractivity contribution in [2.75, 3.05) is 45.4 Å². The van der Waals surface area contributed by atoms with Crippen LogP contribution in [0.1, 0.15) is 13.3 Å². The summed E-state index contributed by atoms with van der Waals surface area (Å²) in [5, 5.41) is 3.50. The van der Waals surface area contributed by atoms with Gasteiger partial charge in [0.05, 0.1) is 13.2 Å². The van der Waals surface area contributed by atoms with Gasteiger partial charge in [0, 0.05) is 30.9 Å². The molecule has 1 rings (SSSR count). The number of likely N-dealkylation sites (N-methyl/N-ethyl adjacent to an activating group) is 1. The Morgan fingerprint density at radius 3 is 2.93 bits per heavy atom. The van der Waals surface area contributed by atoms with Gasteiger partial charge >= 0.3 is 0 Å². The van der Waals surface area contributed by atoms with E-state index in [9.17, 15) is 0 Å². The third-order valence-electron chi connectivity index (χ3n) is 2.96. The quantitative estimate of drug-likeness (QED) is 0.740. The fourth-order valence-electron chi connectivity index (χ4n) is 1.98. The summed E-state index contributed by atoms with van der Waals surface area (Å²) in [6, 6.07) is 1.21. The van der Waals surface area contributed by atoms with Gasteiger partial charge in [-0.2, -0.15) is 11.8 Å². The van der Waals surface area contributed by atoms with Gasteiger partial charge in [-0.15, -0.1) is 0 Å². The molecule has 0 amide bonds. The summed E-state index contributed by atoms with van der Waals surface area (Å²) < 4.78 is 5.46. The minimum absolute atomic E-state index is 0.514. The molecule has 3 nitrogen and oxygen atoms in total. The second-order valence-corrected chi connectivity index (χ2v) is 5.09. The first-order chi connectivity index (χ1) is 7.27. The molecule has 1 N–H and O–H groups in total. The van der Waals surface area contributed by atoms with E-state index < -0.39 is 0 Å². The summed E-state index contributed by atoms with van der Waals surface area (Å²) in [5.74, 6) is 1.22. The van der Waals surface area contributed by atoms with Gasteiger partial charge < -0.3 is 15.0 Å². The molecule has 0 radical (unpaired) electrons. The molecule has 4 heteroatoms. The Morgan fingerprint density at radius 1 is 1.60 bits per heavy atom. The summed E-state index contributed by atoms with van der Waals surface area (Å²) >= 11 is 1.93. The van der Waals surface area contributed by atoms with Gasteiger partial charge in [0.25, 0.3) is 0 Å². The van der Waals surface area contributed by atoms with E-state index in [-0.39, 0.29) is 0 Å². The summed E-state index contributed by atoms with van der Waals surface area (Å²) in [5.41, 5.74) is 0. The molecule has 0 aromatic heterocycles. The lowest BCUT2D eigenvalue weighted by Crippen LogP contribution is -2.50. The maximum atomic E-state index is 5.46. The van der Waals surface area contributed by atoms with E-state index in [1.807, 2.05) is 11.8 Å². The van der Waals surface area contributed by atoms with Crippen molar-refractivity contribution in [2.24, 2.45) is 0 Å². The molecule has 2 unspecified atom stereocenters. The Labute approximate surface area is 97.9 Å². The lowest BCUT2D eigenvalue weighted by molar-refractivity contribution is 0.0607. The maximum Gasteiger partial charge on any atom is 0.0632 e. The van der Waals surface area contributed by atoms with E-state index >= 15 is 0 Å². The number of rotatable bonds is 6. The number of nitrogens with zero attached hydrogens (tertiary/aromatic N) is 1. The SMILES string of the molecule is CCC(CSC)N(C)CC1COCCN1. The fraction of sp³-hybridized carbons (Fsp3) is 1.00. The monoisotopic (exact) mass is 232 g/mol. The highest BCUT2D eigenvalue weighted by Gasteiger charge is 2.19. The van der Waals surface area contributed by atoms with Gasteiger partial charge in [0.15, 0.2) is 0 Å². The Balaban J connectivity index is 2.27. The maximum absolute atomic E-state index is 5.46. The van der Waals surface area contributed by atoms with Crippen LogP contribution in [0.2, 0.25) is 0 Å². The molecule has 0 saturated carbocycles. The molecule has 0 aliphatic carbocycles. The van der Waals surface area contributed by atoms with Crippen molar-refractivity contribution in [3.05, 3.63) is 0 Å². The Kier molecular flexibility index (Phi) is 6.64. The summed E-state index contributed by atoms with van der Waals surface area (Å²) in [6.45, 7) is 6.08. The number of morpholine rings is 1. The minimum Gasteiger partial charge on any atom is -0.378 e. The molecule has 1 aliphatic heterocycles. The van der Waals surface area contributed by atoms with Gasteiger partial charge in [0.2, 0.25) is 0 Å². The Hall–Kier alpha value is 0.230. The van der Waals surface area contributed by atoms with Crippen molar-refractivity contribution in [3.8, 4) is 0 Å². The van der Waals surface area contributed by atoms with Crippen LogP contribution in [-0.4, -0.2) is 62.3 Å². The zero-order valence-electron chi connectivity index (χ0n) is 10.2. The zero-order valence-corrected chi connectivity index (χ0v) is 11.0.